The van der Waals surface area contributed by atoms with Crippen LogP contribution in [0.2, 0.25) is 10.0 Å². The molecule has 8 heteroatoms. The van der Waals surface area contributed by atoms with E-state index in [2.05, 4.69) is 5.32 Å². The molecule has 1 heterocycles. The van der Waals surface area contributed by atoms with Crippen LogP contribution in [0.5, 0.6) is 0 Å². The lowest BCUT2D eigenvalue weighted by Crippen LogP contribution is -2.45. The molecule has 0 spiro atoms. The maximum Gasteiger partial charge on any atom is 0.224 e. The van der Waals surface area contributed by atoms with Crippen molar-refractivity contribution in [1.82, 2.24) is 9.62 Å². The predicted molar refractivity (Wildman–Crippen MR) is 92.1 cm³/mol. The second kappa shape index (κ2) is 7.83. The molecule has 1 N–H and O–H groups in total. The van der Waals surface area contributed by atoms with Crippen molar-refractivity contribution < 1.29 is 13.2 Å². The number of hydrogen-bond acceptors (Lipinski definition) is 3. The van der Waals surface area contributed by atoms with Crippen LogP contribution >= 0.6 is 23.2 Å². The van der Waals surface area contributed by atoms with Gasteiger partial charge in [0, 0.05) is 19.6 Å². The zero-order valence-electron chi connectivity index (χ0n) is 12.9. The largest absolute Gasteiger partial charge is 0.356 e. The van der Waals surface area contributed by atoms with Gasteiger partial charge in [-0.05, 0) is 37.5 Å². The average Bonchev–Trinajstić information content (AvgIpc) is 2.51. The molecule has 1 aliphatic heterocycles. The number of sulfonamides is 1. The molecule has 1 aliphatic rings. The van der Waals surface area contributed by atoms with Crippen molar-refractivity contribution in [3.63, 3.8) is 0 Å². The Bertz CT molecular complexity index is 679. The second-order valence-electron chi connectivity index (χ2n) is 5.60. The van der Waals surface area contributed by atoms with Crippen LogP contribution in [0.15, 0.2) is 18.2 Å². The predicted octanol–water partition coefficient (Wildman–Crippen LogP) is 2.67. The van der Waals surface area contributed by atoms with Crippen molar-refractivity contribution in [2.24, 2.45) is 5.92 Å². The molecule has 0 unspecified atom stereocenters. The van der Waals surface area contributed by atoms with Crippen molar-refractivity contribution in [1.29, 1.82) is 0 Å². The molecule has 1 atom stereocenters. The molecule has 1 saturated heterocycles. The van der Waals surface area contributed by atoms with E-state index in [-0.39, 0.29) is 24.1 Å². The van der Waals surface area contributed by atoms with E-state index < -0.39 is 10.0 Å². The highest BCUT2D eigenvalue weighted by Gasteiger charge is 2.32. The average molecular weight is 379 g/mol. The normalized spacial score (nSPS) is 19.5. The molecular weight excluding hydrogens is 359 g/mol. The number of benzene rings is 1. The molecular formula is C15H20Cl2N2O3S. The van der Waals surface area contributed by atoms with Gasteiger partial charge < -0.3 is 5.32 Å². The van der Waals surface area contributed by atoms with Gasteiger partial charge in [0.1, 0.15) is 0 Å². The van der Waals surface area contributed by atoms with E-state index in [1.54, 1.807) is 18.2 Å². The van der Waals surface area contributed by atoms with E-state index in [0.717, 1.165) is 0 Å². The monoisotopic (exact) mass is 378 g/mol. The van der Waals surface area contributed by atoms with Crippen LogP contribution in [0, 0.1) is 5.92 Å². The molecule has 0 aliphatic carbocycles. The lowest BCUT2D eigenvalue weighted by atomic mass is 9.99. The fourth-order valence-corrected chi connectivity index (χ4v) is 4.58. The third kappa shape index (κ3) is 4.83. The van der Waals surface area contributed by atoms with E-state index in [4.69, 9.17) is 23.2 Å². The van der Waals surface area contributed by atoms with E-state index in [9.17, 15) is 13.2 Å². The summed E-state index contributed by atoms with van der Waals surface area (Å²) in [6.45, 7) is 3.07. The quantitative estimate of drug-likeness (QED) is 0.856. The van der Waals surface area contributed by atoms with Gasteiger partial charge >= 0.3 is 0 Å². The van der Waals surface area contributed by atoms with Crippen LogP contribution in [0.25, 0.3) is 0 Å². The fraction of sp³-hybridized carbons (Fsp3) is 0.533. The van der Waals surface area contributed by atoms with E-state index in [0.29, 0.717) is 41.5 Å². The summed E-state index contributed by atoms with van der Waals surface area (Å²) in [6.07, 6.45) is 1.40. The summed E-state index contributed by atoms with van der Waals surface area (Å²) in [5.41, 5.74) is 0.583. The number of carbonyl (C=O) groups is 1. The summed E-state index contributed by atoms with van der Waals surface area (Å²) >= 11 is 11.8. The number of hydrogen-bond donors (Lipinski definition) is 1. The molecule has 1 fully saturated rings. The number of piperidine rings is 1. The molecule has 0 aromatic heterocycles. The number of nitrogens with zero attached hydrogens (tertiary/aromatic N) is 1. The Hall–Kier alpha value is -0.820. The van der Waals surface area contributed by atoms with Crippen LogP contribution in [-0.4, -0.2) is 38.3 Å². The van der Waals surface area contributed by atoms with E-state index in [1.807, 2.05) is 6.92 Å². The first-order valence-electron chi connectivity index (χ1n) is 7.53. The van der Waals surface area contributed by atoms with Crippen LogP contribution in [0.1, 0.15) is 25.3 Å². The molecule has 1 amide bonds. The molecule has 0 bridgehead atoms. The summed E-state index contributed by atoms with van der Waals surface area (Å²) in [5, 5.41) is 3.48. The van der Waals surface area contributed by atoms with Gasteiger partial charge in [-0.15, -0.1) is 0 Å². The zero-order valence-corrected chi connectivity index (χ0v) is 15.2. The van der Waals surface area contributed by atoms with Crippen LogP contribution < -0.4 is 5.32 Å². The molecule has 128 valence electrons. The first kappa shape index (κ1) is 18.5. The van der Waals surface area contributed by atoms with Crippen molar-refractivity contribution in [3.05, 3.63) is 33.8 Å². The Balaban J connectivity index is 2.09. The van der Waals surface area contributed by atoms with Gasteiger partial charge in [0.25, 0.3) is 0 Å². The van der Waals surface area contributed by atoms with Gasteiger partial charge in [0.15, 0.2) is 0 Å². The summed E-state index contributed by atoms with van der Waals surface area (Å²) in [4.78, 5) is 11.9. The Kier molecular flexibility index (Phi) is 6.31. The third-order valence-electron chi connectivity index (χ3n) is 3.83. The van der Waals surface area contributed by atoms with Crippen molar-refractivity contribution in [2.45, 2.75) is 25.5 Å². The topological polar surface area (TPSA) is 66.5 Å². The lowest BCUT2D eigenvalue weighted by Gasteiger charge is -2.31. The highest BCUT2D eigenvalue weighted by molar-refractivity contribution is 7.88. The van der Waals surface area contributed by atoms with Crippen LogP contribution in [0.3, 0.4) is 0 Å². The summed E-state index contributed by atoms with van der Waals surface area (Å²) in [5.74, 6) is -0.513. The molecule has 0 radical (unpaired) electrons. The SMILES string of the molecule is CCNC(=O)[C@@H]1CCCN(S(=O)(=O)Cc2ccc(Cl)c(Cl)c2)C1. The van der Waals surface area contributed by atoms with E-state index in [1.165, 1.54) is 4.31 Å². The summed E-state index contributed by atoms with van der Waals surface area (Å²) < 4.78 is 26.6. The van der Waals surface area contributed by atoms with Gasteiger partial charge in [-0.25, -0.2) is 12.7 Å². The van der Waals surface area contributed by atoms with Crippen LogP contribution in [-0.2, 0) is 20.6 Å². The van der Waals surface area contributed by atoms with Crippen molar-refractivity contribution in [3.8, 4) is 0 Å². The van der Waals surface area contributed by atoms with Crippen molar-refractivity contribution in [2.75, 3.05) is 19.6 Å². The van der Waals surface area contributed by atoms with Gasteiger partial charge in [-0.2, -0.15) is 0 Å². The molecule has 1 aromatic rings. The van der Waals surface area contributed by atoms with Crippen LogP contribution in [0.4, 0.5) is 0 Å². The summed E-state index contributed by atoms with van der Waals surface area (Å²) in [7, 11) is -3.50. The molecule has 1 aromatic carbocycles. The number of rotatable bonds is 5. The molecule has 23 heavy (non-hydrogen) atoms. The lowest BCUT2D eigenvalue weighted by molar-refractivity contribution is -0.125. The van der Waals surface area contributed by atoms with Crippen molar-refractivity contribution >= 4 is 39.1 Å². The Morgan fingerprint density at radius 2 is 2.09 bits per heavy atom. The smallest absolute Gasteiger partial charge is 0.224 e. The minimum atomic E-state index is -3.50. The number of amides is 1. The maximum absolute atomic E-state index is 12.6. The first-order valence-corrected chi connectivity index (χ1v) is 9.89. The van der Waals surface area contributed by atoms with Gasteiger partial charge in [-0.3, -0.25) is 4.79 Å². The number of carbonyl (C=O) groups excluding carboxylic acids is 1. The zero-order chi connectivity index (χ0) is 17.0. The van der Waals surface area contributed by atoms with Gasteiger partial charge in [0.05, 0.1) is 21.7 Å². The van der Waals surface area contributed by atoms with E-state index >= 15 is 0 Å². The fourth-order valence-electron chi connectivity index (χ4n) is 2.66. The standard InChI is InChI=1S/C15H20Cl2N2O3S/c1-2-18-15(20)12-4-3-7-19(9-12)23(21,22)10-11-5-6-13(16)14(17)8-11/h5-6,8,12H,2-4,7,9-10H2,1H3,(H,18,20)/t12-/m1/s1. The first-order chi connectivity index (χ1) is 10.8. The molecule has 2 rings (SSSR count). The minimum Gasteiger partial charge on any atom is -0.356 e. The third-order valence-corrected chi connectivity index (χ3v) is 6.39. The Labute approximate surface area is 147 Å². The Morgan fingerprint density at radius 3 is 2.74 bits per heavy atom. The number of halogens is 2. The van der Waals surface area contributed by atoms with Gasteiger partial charge in [-0.1, -0.05) is 29.3 Å². The molecule has 0 saturated carbocycles. The maximum atomic E-state index is 12.6. The highest BCUT2D eigenvalue weighted by atomic mass is 35.5. The summed E-state index contributed by atoms with van der Waals surface area (Å²) in [6, 6.07) is 4.80. The highest BCUT2D eigenvalue weighted by Crippen LogP contribution is 2.26. The molecule has 5 nitrogen and oxygen atoms in total. The second-order valence-corrected chi connectivity index (χ2v) is 8.38. The minimum absolute atomic E-state index is 0.0815. The Morgan fingerprint density at radius 1 is 1.35 bits per heavy atom. The number of nitrogens with one attached hydrogen (secondary N) is 1. The van der Waals surface area contributed by atoms with Gasteiger partial charge in [0.2, 0.25) is 15.9 Å².